The highest BCUT2D eigenvalue weighted by Gasteiger charge is 2.36. The summed E-state index contributed by atoms with van der Waals surface area (Å²) in [5.74, 6) is 0.980. The zero-order valence-corrected chi connectivity index (χ0v) is 14.3. The van der Waals surface area contributed by atoms with Crippen LogP contribution in [0.4, 0.5) is 0 Å². The van der Waals surface area contributed by atoms with Crippen molar-refractivity contribution >= 4 is 23.6 Å². The zero-order chi connectivity index (χ0) is 16.8. The summed E-state index contributed by atoms with van der Waals surface area (Å²) >= 11 is 1.83. The maximum absolute atomic E-state index is 12.7. The van der Waals surface area contributed by atoms with Gasteiger partial charge >= 0.3 is 5.97 Å². The summed E-state index contributed by atoms with van der Waals surface area (Å²) in [7, 11) is 1.59. The molecule has 0 aliphatic carbocycles. The molecule has 1 saturated heterocycles. The molecular formula is C17H23NO4S. The second-order valence-corrected chi connectivity index (χ2v) is 6.91. The van der Waals surface area contributed by atoms with E-state index in [1.54, 1.807) is 12.0 Å². The van der Waals surface area contributed by atoms with Gasteiger partial charge in [0.25, 0.3) is 5.91 Å². The fourth-order valence-electron chi connectivity index (χ4n) is 2.82. The molecule has 5 nitrogen and oxygen atoms in total. The molecular weight excluding hydrogens is 314 g/mol. The first kappa shape index (κ1) is 17.8. The van der Waals surface area contributed by atoms with Gasteiger partial charge in [-0.3, -0.25) is 9.59 Å². The van der Waals surface area contributed by atoms with Crippen LogP contribution in [0.25, 0.3) is 0 Å². The lowest BCUT2D eigenvalue weighted by atomic mass is 10.1. The van der Waals surface area contributed by atoms with Gasteiger partial charge < -0.3 is 14.7 Å². The van der Waals surface area contributed by atoms with Crippen LogP contribution in [-0.4, -0.2) is 53.4 Å². The number of rotatable bonds is 7. The third-order valence-corrected chi connectivity index (χ3v) is 5.00. The molecule has 1 aromatic carbocycles. The van der Waals surface area contributed by atoms with Gasteiger partial charge in [0.15, 0.2) is 0 Å². The monoisotopic (exact) mass is 337 g/mol. The Morgan fingerprint density at radius 3 is 2.61 bits per heavy atom. The molecule has 0 bridgehead atoms. The topological polar surface area (TPSA) is 66.8 Å². The van der Waals surface area contributed by atoms with Gasteiger partial charge in [0, 0.05) is 31.0 Å². The summed E-state index contributed by atoms with van der Waals surface area (Å²) in [6.45, 7) is 2.56. The Morgan fingerprint density at radius 1 is 1.35 bits per heavy atom. The van der Waals surface area contributed by atoms with Crippen molar-refractivity contribution in [1.29, 1.82) is 0 Å². The van der Waals surface area contributed by atoms with E-state index in [1.165, 1.54) is 5.56 Å². The van der Waals surface area contributed by atoms with E-state index in [-0.39, 0.29) is 24.5 Å². The highest BCUT2D eigenvalue weighted by atomic mass is 32.2. The minimum absolute atomic E-state index is 0.0448. The average molecular weight is 337 g/mol. The number of thioether (sulfide) groups is 1. The van der Waals surface area contributed by atoms with Crippen LogP contribution in [0.5, 0.6) is 0 Å². The highest BCUT2D eigenvalue weighted by molar-refractivity contribution is 7.98. The summed E-state index contributed by atoms with van der Waals surface area (Å²) in [6.07, 6.45) is 0.430. The van der Waals surface area contributed by atoms with Gasteiger partial charge in [-0.25, -0.2) is 0 Å². The second kappa shape index (κ2) is 8.36. The van der Waals surface area contributed by atoms with Crippen LogP contribution >= 0.6 is 11.8 Å². The predicted molar refractivity (Wildman–Crippen MR) is 90.8 cm³/mol. The van der Waals surface area contributed by atoms with E-state index in [2.05, 4.69) is 6.92 Å². The lowest BCUT2D eigenvalue weighted by Crippen LogP contribution is -2.37. The summed E-state index contributed by atoms with van der Waals surface area (Å²) in [4.78, 5) is 25.4. The first-order valence-electron chi connectivity index (χ1n) is 7.77. The number of aliphatic carboxylic acids is 1. The van der Waals surface area contributed by atoms with E-state index in [4.69, 9.17) is 9.84 Å². The van der Waals surface area contributed by atoms with Crippen molar-refractivity contribution in [3.05, 3.63) is 35.4 Å². The minimum atomic E-state index is -0.892. The highest BCUT2D eigenvalue weighted by Crippen LogP contribution is 2.25. The van der Waals surface area contributed by atoms with E-state index in [1.807, 2.05) is 36.0 Å². The number of hydrogen-bond acceptors (Lipinski definition) is 4. The molecule has 0 aromatic heterocycles. The fourth-order valence-corrected chi connectivity index (χ4v) is 3.45. The SMILES string of the molecule is CCSCc1ccc(C(=O)N2CC(OC)CC2CC(=O)O)cc1. The molecule has 2 unspecified atom stereocenters. The number of nitrogens with zero attached hydrogens (tertiary/aromatic N) is 1. The number of methoxy groups -OCH3 is 1. The number of carboxylic acid groups (broad SMARTS) is 1. The Balaban J connectivity index is 2.09. The number of benzene rings is 1. The molecule has 1 N–H and O–H groups in total. The molecule has 1 aliphatic heterocycles. The second-order valence-electron chi connectivity index (χ2n) is 5.64. The largest absolute Gasteiger partial charge is 0.481 e. The Bertz CT molecular complexity index is 546. The minimum Gasteiger partial charge on any atom is -0.481 e. The Kier molecular flexibility index (Phi) is 6.47. The number of carbonyl (C=O) groups excluding carboxylic acids is 1. The van der Waals surface area contributed by atoms with E-state index >= 15 is 0 Å². The number of likely N-dealkylation sites (tertiary alicyclic amines) is 1. The van der Waals surface area contributed by atoms with Gasteiger partial charge in [-0.2, -0.15) is 11.8 Å². The first-order valence-corrected chi connectivity index (χ1v) is 8.92. The van der Waals surface area contributed by atoms with Crippen LogP contribution in [0, 0.1) is 0 Å². The van der Waals surface area contributed by atoms with Crippen molar-refractivity contribution in [2.45, 2.75) is 37.7 Å². The molecule has 1 amide bonds. The third kappa shape index (κ3) is 4.72. The van der Waals surface area contributed by atoms with Gasteiger partial charge in [-0.05, 0) is 29.9 Å². The standard InChI is InChI=1S/C17H23NO4S/c1-3-23-11-12-4-6-13(7-5-12)17(21)18-10-15(22-2)8-14(18)9-16(19)20/h4-7,14-15H,3,8-11H2,1-2H3,(H,19,20). The number of carbonyl (C=O) groups is 2. The quantitative estimate of drug-likeness (QED) is 0.828. The molecule has 2 rings (SSSR count). The van der Waals surface area contributed by atoms with Crippen molar-refractivity contribution in [3.63, 3.8) is 0 Å². The summed E-state index contributed by atoms with van der Waals surface area (Å²) in [6, 6.07) is 7.27. The molecule has 1 aromatic rings. The van der Waals surface area contributed by atoms with Crippen LogP contribution in [0.3, 0.4) is 0 Å². The molecule has 1 heterocycles. The van der Waals surface area contributed by atoms with Gasteiger partial charge in [-0.15, -0.1) is 0 Å². The zero-order valence-electron chi connectivity index (χ0n) is 13.5. The molecule has 1 aliphatic rings. The van der Waals surface area contributed by atoms with Crippen LogP contribution < -0.4 is 0 Å². The molecule has 126 valence electrons. The van der Waals surface area contributed by atoms with Crippen molar-refractivity contribution in [1.82, 2.24) is 4.90 Å². The van der Waals surface area contributed by atoms with Crippen LogP contribution in [0.1, 0.15) is 35.7 Å². The molecule has 0 radical (unpaired) electrons. The fraction of sp³-hybridized carbons (Fsp3) is 0.529. The van der Waals surface area contributed by atoms with Crippen molar-refractivity contribution < 1.29 is 19.4 Å². The number of hydrogen-bond donors (Lipinski definition) is 1. The Hall–Kier alpha value is -1.53. The first-order chi connectivity index (χ1) is 11.0. The molecule has 0 spiro atoms. The average Bonchev–Trinajstić information content (AvgIpc) is 2.95. The molecule has 2 atom stereocenters. The van der Waals surface area contributed by atoms with Crippen LogP contribution in [0.15, 0.2) is 24.3 Å². The summed E-state index contributed by atoms with van der Waals surface area (Å²) in [5, 5.41) is 9.04. The number of ether oxygens (including phenoxy) is 1. The number of carboxylic acids is 1. The maximum atomic E-state index is 12.7. The van der Waals surface area contributed by atoms with E-state index in [0.717, 1.165) is 11.5 Å². The van der Waals surface area contributed by atoms with Crippen molar-refractivity contribution in [2.24, 2.45) is 0 Å². The lowest BCUT2D eigenvalue weighted by molar-refractivity contribution is -0.137. The number of amides is 1. The molecule has 0 saturated carbocycles. The van der Waals surface area contributed by atoms with Gasteiger partial charge in [-0.1, -0.05) is 19.1 Å². The predicted octanol–water partition coefficient (Wildman–Crippen LogP) is 2.64. The molecule has 1 fully saturated rings. The summed E-state index contributed by atoms with van der Waals surface area (Å²) < 4.78 is 5.31. The van der Waals surface area contributed by atoms with E-state index in [9.17, 15) is 9.59 Å². The summed E-state index contributed by atoms with van der Waals surface area (Å²) in [5.41, 5.74) is 1.79. The van der Waals surface area contributed by atoms with Crippen molar-refractivity contribution in [3.8, 4) is 0 Å². The van der Waals surface area contributed by atoms with E-state index in [0.29, 0.717) is 18.5 Å². The van der Waals surface area contributed by atoms with Crippen LogP contribution in [0.2, 0.25) is 0 Å². The van der Waals surface area contributed by atoms with Crippen molar-refractivity contribution in [2.75, 3.05) is 19.4 Å². The normalized spacial score (nSPS) is 20.7. The maximum Gasteiger partial charge on any atom is 0.305 e. The smallest absolute Gasteiger partial charge is 0.305 e. The van der Waals surface area contributed by atoms with E-state index < -0.39 is 5.97 Å². The van der Waals surface area contributed by atoms with Crippen LogP contribution in [-0.2, 0) is 15.3 Å². The molecule has 23 heavy (non-hydrogen) atoms. The van der Waals surface area contributed by atoms with Gasteiger partial charge in [0.2, 0.25) is 0 Å². The van der Waals surface area contributed by atoms with Gasteiger partial charge in [0.05, 0.1) is 12.5 Å². The Labute approximate surface area is 141 Å². The molecule has 6 heteroatoms. The van der Waals surface area contributed by atoms with Gasteiger partial charge in [0.1, 0.15) is 0 Å². The third-order valence-electron chi connectivity index (χ3n) is 4.05. The Morgan fingerprint density at radius 2 is 2.04 bits per heavy atom. The lowest BCUT2D eigenvalue weighted by Gasteiger charge is -2.23.